The van der Waals surface area contributed by atoms with Gasteiger partial charge in [0.05, 0.1) is 5.69 Å². The summed E-state index contributed by atoms with van der Waals surface area (Å²) < 4.78 is 0. The summed E-state index contributed by atoms with van der Waals surface area (Å²) in [6, 6.07) is 0. The molecule has 0 radical (unpaired) electrons. The molecule has 2 N–H and O–H groups in total. The minimum absolute atomic E-state index is 0.106. The van der Waals surface area contributed by atoms with E-state index in [1.165, 1.54) is 0 Å². The van der Waals surface area contributed by atoms with Crippen LogP contribution in [0.5, 0.6) is 0 Å². The molecule has 0 spiro atoms. The highest BCUT2D eigenvalue weighted by atomic mass is 32.1. The van der Waals surface area contributed by atoms with Gasteiger partial charge in [-0.25, -0.2) is 4.98 Å². The second-order valence-corrected chi connectivity index (χ2v) is 7.35. The van der Waals surface area contributed by atoms with E-state index in [1.807, 2.05) is 0 Å². The summed E-state index contributed by atoms with van der Waals surface area (Å²) in [5, 5.41) is 2.02. The highest BCUT2D eigenvalue weighted by molar-refractivity contribution is 7.15. The van der Waals surface area contributed by atoms with Crippen LogP contribution in [0.25, 0.3) is 0 Å². The van der Waals surface area contributed by atoms with Gasteiger partial charge in [-0.05, 0) is 11.8 Å². The summed E-state index contributed by atoms with van der Waals surface area (Å²) >= 11 is 1.63. The minimum atomic E-state index is 0.106. The number of hydrogen-bond acceptors (Lipinski definition) is 3. The molecule has 0 aliphatic carbocycles. The van der Waals surface area contributed by atoms with Gasteiger partial charge in [-0.1, -0.05) is 41.5 Å². The number of anilines is 1. The van der Waals surface area contributed by atoms with E-state index >= 15 is 0 Å². The van der Waals surface area contributed by atoms with E-state index in [9.17, 15) is 0 Å². The Morgan fingerprint density at radius 1 is 1.13 bits per heavy atom. The Bertz CT molecular complexity index is 339. The summed E-state index contributed by atoms with van der Waals surface area (Å²) in [5.41, 5.74) is 7.42. The first-order valence-electron chi connectivity index (χ1n) is 5.35. The molecule has 86 valence electrons. The molecule has 0 aliphatic heterocycles. The van der Waals surface area contributed by atoms with Crippen LogP contribution < -0.4 is 5.73 Å². The SMILES string of the molecule is CC(C)(C)Cc1nc(C(C)(C)C)sc1N. The van der Waals surface area contributed by atoms with Crippen LogP contribution >= 0.6 is 11.3 Å². The van der Waals surface area contributed by atoms with Crippen molar-refractivity contribution in [2.75, 3.05) is 5.73 Å². The lowest BCUT2D eigenvalue weighted by molar-refractivity contribution is 0.406. The maximum atomic E-state index is 6.00. The maximum absolute atomic E-state index is 6.00. The van der Waals surface area contributed by atoms with E-state index in [0.29, 0.717) is 0 Å². The first-order chi connectivity index (χ1) is 6.59. The molecule has 2 nitrogen and oxygen atoms in total. The van der Waals surface area contributed by atoms with Crippen molar-refractivity contribution in [2.24, 2.45) is 5.41 Å². The van der Waals surface area contributed by atoms with Gasteiger partial charge in [-0.3, -0.25) is 0 Å². The van der Waals surface area contributed by atoms with Crippen LogP contribution in [0.1, 0.15) is 52.2 Å². The second-order valence-electron chi connectivity index (χ2n) is 6.32. The fourth-order valence-corrected chi connectivity index (χ4v) is 2.22. The number of aromatic nitrogens is 1. The molecule has 0 saturated heterocycles. The standard InChI is InChI=1S/C12H22N2S/c1-11(2,3)7-8-9(13)15-10(14-8)12(4,5)6/h7,13H2,1-6H3. The molecule has 0 bridgehead atoms. The molecule has 1 aromatic rings. The van der Waals surface area contributed by atoms with Gasteiger partial charge in [0.15, 0.2) is 0 Å². The van der Waals surface area contributed by atoms with Gasteiger partial charge in [0.1, 0.15) is 10.0 Å². The highest BCUT2D eigenvalue weighted by Gasteiger charge is 2.22. The molecule has 15 heavy (non-hydrogen) atoms. The van der Waals surface area contributed by atoms with Crippen LogP contribution in [0.4, 0.5) is 5.00 Å². The Hall–Kier alpha value is -0.570. The Balaban J connectivity index is 2.97. The largest absolute Gasteiger partial charge is 0.389 e. The quantitative estimate of drug-likeness (QED) is 0.794. The van der Waals surface area contributed by atoms with Crippen molar-refractivity contribution in [3.63, 3.8) is 0 Å². The van der Waals surface area contributed by atoms with E-state index in [-0.39, 0.29) is 10.8 Å². The Morgan fingerprint density at radius 3 is 2.00 bits per heavy atom. The van der Waals surface area contributed by atoms with Crippen molar-refractivity contribution >= 4 is 16.3 Å². The molecule has 1 rings (SSSR count). The zero-order valence-corrected chi connectivity index (χ0v) is 11.5. The molecule has 0 saturated carbocycles. The smallest absolute Gasteiger partial charge is 0.109 e. The summed E-state index contributed by atoms with van der Waals surface area (Å²) in [6.45, 7) is 13.2. The number of hydrogen-bond donors (Lipinski definition) is 1. The lowest BCUT2D eigenvalue weighted by Gasteiger charge is -2.17. The fraction of sp³-hybridized carbons (Fsp3) is 0.750. The van der Waals surface area contributed by atoms with Crippen LogP contribution in [0.2, 0.25) is 0 Å². The zero-order chi connectivity index (χ0) is 11.9. The number of rotatable bonds is 1. The first kappa shape index (κ1) is 12.5. The molecule has 0 unspecified atom stereocenters. The Labute approximate surface area is 96.9 Å². The van der Waals surface area contributed by atoms with Crippen molar-refractivity contribution in [1.29, 1.82) is 0 Å². The number of nitrogen functional groups attached to an aromatic ring is 1. The third-order valence-electron chi connectivity index (χ3n) is 2.07. The minimum Gasteiger partial charge on any atom is -0.389 e. The third-order valence-corrected chi connectivity index (χ3v) is 3.42. The predicted octanol–water partition coefficient (Wildman–Crippen LogP) is 3.61. The average Bonchev–Trinajstić information content (AvgIpc) is 2.27. The lowest BCUT2D eigenvalue weighted by atomic mass is 9.90. The van der Waals surface area contributed by atoms with Gasteiger partial charge in [0, 0.05) is 5.41 Å². The van der Waals surface area contributed by atoms with E-state index in [1.54, 1.807) is 11.3 Å². The number of nitrogens with zero attached hydrogens (tertiary/aromatic N) is 1. The zero-order valence-electron chi connectivity index (χ0n) is 10.6. The van der Waals surface area contributed by atoms with Crippen LogP contribution in [0.15, 0.2) is 0 Å². The van der Waals surface area contributed by atoms with Crippen LogP contribution in [-0.2, 0) is 11.8 Å². The topological polar surface area (TPSA) is 38.9 Å². The summed E-state index contributed by atoms with van der Waals surface area (Å²) in [6.07, 6.45) is 0.950. The normalized spacial score (nSPS) is 13.2. The van der Waals surface area contributed by atoms with E-state index in [4.69, 9.17) is 5.73 Å². The monoisotopic (exact) mass is 226 g/mol. The van der Waals surface area contributed by atoms with Crippen molar-refractivity contribution in [3.05, 3.63) is 10.7 Å². The fourth-order valence-electron chi connectivity index (χ4n) is 1.31. The van der Waals surface area contributed by atoms with Gasteiger partial charge in [0.25, 0.3) is 0 Å². The predicted molar refractivity (Wildman–Crippen MR) is 68.4 cm³/mol. The van der Waals surface area contributed by atoms with Crippen molar-refractivity contribution in [2.45, 2.75) is 53.4 Å². The summed E-state index contributed by atoms with van der Waals surface area (Å²) in [5.74, 6) is 0. The molecule has 0 fully saturated rings. The highest BCUT2D eigenvalue weighted by Crippen LogP contribution is 2.33. The van der Waals surface area contributed by atoms with Gasteiger partial charge in [0.2, 0.25) is 0 Å². The van der Waals surface area contributed by atoms with Gasteiger partial charge in [-0.15, -0.1) is 11.3 Å². The molecule has 0 aliphatic rings. The van der Waals surface area contributed by atoms with Crippen LogP contribution in [-0.4, -0.2) is 4.98 Å². The average molecular weight is 226 g/mol. The second kappa shape index (κ2) is 3.78. The first-order valence-corrected chi connectivity index (χ1v) is 6.17. The van der Waals surface area contributed by atoms with Crippen molar-refractivity contribution in [1.82, 2.24) is 4.98 Å². The van der Waals surface area contributed by atoms with E-state index < -0.39 is 0 Å². The van der Waals surface area contributed by atoms with E-state index in [0.717, 1.165) is 22.1 Å². The molecular formula is C12H22N2S. The van der Waals surface area contributed by atoms with Crippen molar-refractivity contribution < 1.29 is 0 Å². The van der Waals surface area contributed by atoms with E-state index in [2.05, 4.69) is 46.5 Å². The molecule has 0 aromatic carbocycles. The summed E-state index contributed by atoms with van der Waals surface area (Å²) in [4.78, 5) is 4.66. The molecule has 0 atom stereocenters. The Kier molecular flexibility index (Phi) is 3.15. The molecule has 1 heterocycles. The molecule has 0 amide bonds. The van der Waals surface area contributed by atoms with Gasteiger partial charge < -0.3 is 5.73 Å². The van der Waals surface area contributed by atoms with Crippen molar-refractivity contribution in [3.8, 4) is 0 Å². The number of thiazole rings is 1. The lowest BCUT2D eigenvalue weighted by Crippen LogP contribution is -2.13. The van der Waals surface area contributed by atoms with Gasteiger partial charge >= 0.3 is 0 Å². The maximum Gasteiger partial charge on any atom is 0.109 e. The summed E-state index contributed by atoms with van der Waals surface area (Å²) in [7, 11) is 0. The van der Waals surface area contributed by atoms with Crippen LogP contribution in [0, 0.1) is 5.41 Å². The van der Waals surface area contributed by atoms with Crippen LogP contribution in [0.3, 0.4) is 0 Å². The third kappa shape index (κ3) is 3.49. The van der Waals surface area contributed by atoms with Gasteiger partial charge in [-0.2, -0.15) is 0 Å². The Morgan fingerprint density at radius 2 is 1.67 bits per heavy atom. The molecule has 3 heteroatoms. The molecular weight excluding hydrogens is 204 g/mol. The number of nitrogens with two attached hydrogens (primary N) is 1. The molecule has 1 aromatic heterocycles.